The maximum atomic E-state index is 14.1. The Kier molecular flexibility index (Phi) is 5.33. The number of pyridine rings is 1. The molecule has 134 valence electrons. The summed E-state index contributed by atoms with van der Waals surface area (Å²) in [4.78, 5) is 4.33. The van der Waals surface area contributed by atoms with Crippen LogP contribution in [0.4, 0.5) is 13.2 Å². The summed E-state index contributed by atoms with van der Waals surface area (Å²) in [5.41, 5.74) is 1.76. The van der Waals surface area contributed by atoms with E-state index in [1.807, 2.05) is 30.3 Å². The quantitative estimate of drug-likeness (QED) is 0.505. The zero-order chi connectivity index (χ0) is 18.7. The van der Waals surface area contributed by atoms with E-state index in [-0.39, 0.29) is 11.5 Å². The molecule has 5 heteroatoms. The predicted octanol–water partition coefficient (Wildman–Crippen LogP) is 6.36. The van der Waals surface area contributed by atoms with Crippen LogP contribution in [0.2, 0.25) is 5.02 Å². The van der Waals surface area contributed by atoms with Gasteiger partial charge in [0.05, 0.1) is 5.02 Å². The third-order valence-electron chi connectivity index (χ3n) is 4.22. The molecule has 0 aliphatic rings. The Hall–Kier alpha value is -2.33. The van der Waals surface area contributed by atoms with E-state index < -0.39 is 11.7 Å². The Bertz CT molecular complexity index is 874. The summed E-state index contributed by atoms with van der Waals surface area (Å²) in [5.74, 6) is -4.18. The molecule has 1 heterocycles. The smallest absolute Gasteiger partial charge is 0.259 e. The SMILES string of the molecule is CC(F)(F)c1cc(F)cc(C(Cc2ccccc2)c2ccc(Cl)cn2)c1. The van der Waals surface area contributed by atoms with E-state index in [1.54, 1.807) is 12.1 Å². The lowest BCUT2D eigenvalue weighted by molar-refractivity contribution is 0.0170. The number of halogens is 4. The third kappa shape index (κ3) is 4.44. The van der Waals surface area contributed by atoms with Crippen molar-refractivity contribution in [1.82, 2.24) is 4.98 Å². The van der Waals surface area contributed by atoms with Gasteiger partial charge in [-0.1, -0.05) is 41.9 Å². The predicted molar refractivity (Wildman–Crippen MR) is 97.2 cm³/mol. The van der Waals surface area contributed by atoms with Crippen molar-refractivity contribution in [3.05, 3.63) is 100 Å². The molecule has 0 amide bonds. The second kappa shape index (κ2) is 7.50. The molecule has 1 unspecified atom stereocenters. The Morgan fingerprint density at radius 2 is 1.77 bits per heavy atom. The van der Waals surface area contributed by atoms with Gasteiger partial charge in [0.15, 0.2) is 0 Å². The molecule has 0 spiro atoms. The number of aromatic nitrogens is 1. The molecular weight excluding hydrogens is 359 g/mol. The molecule has 0 bridgehead atoms. The van der Waals surface area contributed by atoms with Crippen LogP contribution in [0.3, 0.4) is 0 Å². The number of benzene rings is 2. The lowest BCUT2D eigenvalue weighted by Crippen LogP contribution is -2.12. The Balaban J connectivity index is 2.08. The van der Waals surface area contributed by atoms with Crippen LogP contribution < -0.4 is 0 Å². The first-order valence-electron chi connectivity index (χ1n) is 8.17. The topological polar surface area (TPSA) is 12.9 Å². The molecule has 0 aliphatic carbocycles. The molecule has 0 saturated heterocycles. The van der Waals surface area contributed by atoms with Crippen LogP contribution in [-0.2, 0) is 12.3 Å². The maximum Gasteiger partial charge on any atom is 0.270 e. The first kappa shape index (κ1) is 18.5. The van der Waals surface area contributed by atoms with Crippen molar-refractivity contribution in [3.63, 3.8) is 0 Å². The van der Waals surface area contributed by atoms with Crippen molar-refractivity contribution in [1.29, 1.82) is 0 Å². The maximum absolute atomic E-state index is 14.1. The van der Waals surface area contributed by atoms with E-state index in [1.165, 1.54) is 18.3 Å². The van der Waals surface area contributed by atoms with Crippen molar-refractivity contribution in [2.75, 3.05) is 0 Å². The summed E-state index contributed by atoms with van der Waals surface area (Å²) >= 11 is 5.91. The lowest BCUT2D eigenvalue weighted by atomic mass is 9.87. The van der Waals surface area contributed by atoms with Gasteiger partial charge < -0.3 is 0 Å². The van der Waals surface area contributed by atoms with Crippen molar-refractivity contribution < 1.29 is 13.2 Å². The van der Waals surface area contributed by atoms with Gasteiger partial charge in [-0.15, -0.1) is 0 Å². The monoisotopic (exact) mass is 375 g/mol. The van der Waals surface area contributed by atoms with E-state index in [2.05, 4.69) is 4.98 Å². The second-order valence-electron chi connectivity index (χ2n) is 6.31. The molecule has 0 fully saturated rings. The number of rotatable bonds is 5. The summed E-state index contributed by atoms with van der Waals surface area (Å²) in [6, 6.07) is 16.5. The molecule has 26 heavy (non-hydrogen) atoms. The second-order valence-corrected chi connectivity index (χ2v) is 6.74. The number of alkyl halides is 2. The van der Waals surface area contributed by atoms with E-state index in [9.17, 15) is 13.2 Å². The highest BCUT2D eigenvalue weighted by molar-refractivity contribution is 6.30. The fraction of sp³-hybridized carbons (Fsp3) is 0.190. The zero-order valence-electron chi connectivity index (χ0n) is 14.1. The van der Waals surface area contributed by atoms with Crippen LogP contribution in [0.1, 0.15) is 35.2 Å². The number of nitrogens with zero attached hydrogens (tertiary/aromatic N) is 1. The van der Waals surface area contributed by atoms with E-state index >= 15 is 0 Å². The summed E-state index contributed by atoms with van der Waals surface area (Å²) in [5, 5.41) is 0.479. The molecule has 2 aromatic carbocycles. The molecule has 0 radical (unpaired) electrons. The Morgan fingerprint density at radius 3 is 2.38 bits per heavy atom. The van der Waals surface area contributed by atoms with Crippen molar-refractivity contribution >= 4 is 11.6 Å². The Morgan fingerprint density at radius 1 is 1.04 bits per heavy atom. The molecular formula is C21H17ClF3N. The highest BCUT2D eigenvalue weighted by atomic mass is 35.5. The summed E-state index contributed by atoms with van der Waals surface area (Å²) in [7, 11) is 0. The van der Waals surface area contributed by atoms with Gasteiger partial charge in [-0.25, -0.2) is 13.2 Å². The van der Waals surface area contributed by atoms with Gasteiger partial charge >= 0.3 is 0 Å². The molecule has 1 atom stereocenters. The van der Waals surface area contributed by atoms with E-state index in [0.717, 1.165) is 18.6 Å². The van der Waals surface area contributed by atoms with Crippen molar-refractivity contribution in [2.24, 2.45) is 0 Å². The average molecular weight is 376 g/mol. The molecule has 1 nitrogen and oxygen atoms in total. The van der Waals surface area contributed by atoms with Gasteiger partial charge in [0, 0.05) is 30.3 Å². The van der Waals surface area contributed by atoms with Crippen LogP contribution in [0.25, 0.3) is 0 Å². The Labute approximate surface area is 155 Å². The van der Waals surface area contributed by atoms with Gasteiger partial charge in [-0.3, -0.25) is 4.98 Å². The highest BCUT2D eigenvalue weighted by Gasteiger charge is 2.27. The van der Waals surface area contributed by atoms with Crippen LogP contribution >= 0.6 is 11.6 Å². The summed E-state index contributed by atoms with van der Waals surface area (Å²) < 4.78 is 41.6. The third-order valence-corrected chi connectivity index (χ3v) is 4.44. The minimum atomic E-state index is -3.12. The number of hydrogen-bond donors (Lipinski definition) is 0. The largest absolute Gasteiger partial charge is 0.270 e. The van der Waals surface area contributed by atoms with Gasteiger partial charge in [0.1, 0.15) is 5.82 Å². The van der Waals surface area contributed by atoms with E-state index in [4.69, 9.17) is 11.6 Å². The molecule has 0 N–H and O–H groups in total. The lowest BCUT2D eigenvalue weighted by Gasteiger charge is -2.20. The summed E-state index contributed by atoms with van der Waals surface area (Å²) in [6.07, 6.45) is 2.01. The highest BCUT2D eigenvalue weighted by Crippen LogP contribution is 2.34. The van der Waals surface area contributed by atoms with Crippen molar-refractivity contribution in [2.45, 2.75) is 25.2 Å². The van der Waals surface area contributed by atoms with Crippen LogP contribution in [0.15, 0.2) is 66.9 Å². The van der Waals surface area contributed by atoms with Gasteiger partial charge in [0.2, 0.25) is 0 Å². The standard InChI is InChI=1S/C21H17ClF3N/c1-21(24,25)16-10-15(11-18(23)12-16)19(9-14-5-3-2-4-6-14)20-8-7-17(22)13-26-20/h2-8,10-13,19H,9H2,1H3. The number of hydrogen-bond acceptors (Lipinski definition) is 1. The minimum absolute atomic E-state index is 0.348. The van der Waals surface area contributed by atoms with Crippen LogP contribution in [0, 0.1) is 5.82 Å². The fourth-order valence-electron chi connectivity index (χ4n) is 2.90. The average Bonchev–Trinajstić information content (AvgIpc) is 2.60. The molecule has 0 aliphatic heterocycles. The molecule has 1 aromatic heterocycles. The first-order valence-corrected chi connectivity index (χ1v) is 8.55. The van der Waals surface area contributed by atoms with E-state index in [0.29, 0.717) is 22.7 Å². The molecule has 3 rings (SSSR count). The fourth-order valence-corrected chi connectivity index (χ4v) is 3.02. The van der Waals surface area contributed by atoms with Crippen LogP contribution in [-0.4, -0.2) is 4.98 Å². The zero-order valence-corrected chi connectivity index (χ0v) is 14.9. The molecule has 3 aromatic rings. The minimum Gasteiger partial charge on any atom is -0.259 e. The first-order chi connectivity index (χ1) is 12.3. The van der Waals surface area contributed by atoms with Gasteiger partial charge in [-0.05, 0) is 47.9 Å². The summed E-state index contributed by atoms with van der Waals surface area (Å²) in [6.45, 7) is 0.762. The molecule has 0 saturated carbocycles. The van der Waals surface area contributed by atoms with Gasteiger partial charge in [0.25, 0.3) is 5.92 Å². The van der Waals surface area contributed by atoms with Gasteiger partial charge in [-0.2, -0.15) is 0 Å². The van der Waals surface area contributed by atoms with Crippen LogP contribution in [0.5, 0.6) is 0 Å². The normalized spacial score (nSPS) is 12.8. The van der Waals surface area contributed by atoms with Crippen molar-refractivity contribution in [3.8, 4) is 0 Å².